The van der Waals surface area contributed by atoms with Crippen LogP contribution in [0.15, 0.2) is 0 Å². The number of nitrogens with one attached hydrogen (secondary N) is 2. The molecule has 0 saturated heterocycles. The summed E-state index contributed by atoms with van der Waals surface area (Å²) >= 11 is 7.61. The van der Waals surface area contributed by atoms with Gasteiger partial charge in [0.1, 0.15) is 12.1 Å². The Morgan fingerprint density at radius 3 is 1.90 bits per heavy atom. The van der Waals surface area contributed by atoms with Crippen molar-refractivity contribution in [2.24, 2.45) is 11.5 Å². The molecular weight excluding hydrogens is 320 g/mol. The molecule has 0 aliphatic rings. The Kier molecular flexibility index (Phi) is 8.81. The van der Waals surface area contributed by atoms with Gasteiger partial charge in [-0.1, -0.05) is 0 Å². The number of carbonyl (C=O) groups is 4. The van der Waals surface area contributed by atoms with Crippen molar-refractivity contribution in [2.45, 2.75) is 24.5 Å². The van der Waals surface area contributed by atoms with Crippen LogP contribution in [0.25, 0.3) is 0 Å². The van der Waals surface area contributed by atoms with Crippen LogP contribution in [0, 0.1) is 0 Å². The van der Waals surface area contributed by atoms with Gasteiger partial charge in [-0.2, -0.15) is 25.3 Å². The van der Waals surface area contributed by atoms with Gasteiger partial charge in [-0.05, 0) is 0 Å². The van der Waals surface area contributed by atoms with E-state index in [0.717, 1.165) is 0 Å². The van der Waals surface area contributed by atoms with Crippen molar-refractivity contribution in [3.63, 3.8) is 0 Å². The Hall–Kier alpha value is -1.46. The van der Waals surface area contributed by atoms with Crippen molar-refractivity contribution in [2.75, 3.05) is 11.5 Å². The summed E-state index contributed by atoms with van der Waals surface area (Å²) in [6.45, 7) is 0. The molecule has 0 saturated carbocycles. The predicted octanol–water partition coefficient (Wildman–Crippen LogP) is -2.90. The summed E-state index contributed by atoms with van der Waals surface area (Å²) in [4.78, 5) is 45.3. The maximum Gasteiger partial charge on any atom is 0.327 e. The molecule has 9 nitrogen and oxygen atoms in total. The van der Waals surface area contributed by atoms with E-state index in [1.54, 1.807) is 0 Å². The highest BCUT2D eigenvalue weighted by Gasteiger charge is 2.28. The summed E-state index contributed by atoms with van der Waals surface area (Å²) in [5.41, 5.74) is 10.4. The van der Waals surface area contributed by atoms with E-state index >= 15 is 0 Å². The van der Waals surface area contributed by atoms with Gasteiger partial charge in [-0.25, -0.2) is 4.79 Å². The number of nitrogens with two attached hydrogens (primary N) is 2. The van der Waals surface area contributed by atoms with Gasteiger partial charge in [0, 0.05) is 11.5 Å². The minimum Gasteiger partial charge on any atom is -0.480 e. The zero-order valence-corrected chi connectivity index (χ0v) is 12.8. The highest BCUT2D eigenvalue weighted by Crippen LogP contribution is 1.97. The van der Waals surface area contributed by atoms with Crippen LogP contribution in [0.3, 0.4) is 0 Å². The predicted molar refractivity (Wildman–Crippen MR) is 81.0 cm³/mol. The normalized spacial score (nSPS) is 14.6. The Morgan fingerprint density at radius 1 is 1.00 bits per heavy atom. The molecule has 11 heteroatoms. The first kappa shape index (κ1) is 19.5. The molecule has 0 radical (unpaired) electrons. The summed E-state index contributed by atoms with van der Waals surface area (Å²) in [6, 6.07) is -3.55. The molecular formula is C10H18N4O5S2. The summed E-state index contributed by atoms with van der Waals surface area (Å²) in [5.74, 6) is -3.83. The fourth-order valence-corrected chi connectivity index (χ4v) is 1.64. The van der Waals surface area contributed by atoms with Crippen molar-refractivity contribution in [3.05, 3.63) is 0 Å². The monoisotopic (exact) mass is 338 g/mol. The first-order valence-electron chi connectivity index (χ1n) is 5.82. The lowest BCUT2D eigenvalue weighted by Crippen LogP contribution is -2.56. The fourth-order valence-electron chi connectivity index (χ4n) is 1.23. The molecule has 3 amide bonds. The van der Waals surface area contributed by atoms with Gasteiger partial charge < -0.3 is 27.2 Å². The van der Waals surface area contributed by atoms with E-state index in [1.807, 2.05) is 0 Å². The molecule has 0 aromatic carbocycles. The van der Waals surface area contributed by atoms with Crippen molar-refractivity contribution in [1.82, 2.24) is 10.6 Å². The number of carbonyl (C=O) groups excluding carboxylic acids is 3. The Balaban J connectivity index is 4.88. The second-order valence-electron chi connectivity index (χ2n) is 4.10. The molecule has 0 bridgehead atoms. The molecule has 0 heterocycles. The maximum atomic E-state index is 11.9. The number of hydrogen-bond donors (Lipinski definition) is 7. The molecule has 7 N–H and O–H groups in total. The molecule has 0 aliphatic heterocycles. The van der Waals surface area contributed by atoms with Crippen molar-refractivity contribution in [1.29, 1.82) is 0 Å². The van der Waals surface area contributed by atoms with Crippen molar-refractivity contribution < 1.29 is 24.3 Å². The molecule has 0 aliphatic carbocycles. The third kappa shape index (κ3) is 7.20. The lowest BCUT2D eigenvalue weighted by Gasteiger charge is -2.21. The number of rotatable bonds is 9. The molecule has 3 atom stereocenters. The first-order chi connectivity index (χ1) is 9.72. The first-order valence-corrected chi connectivity index (χ1v) is 7.08. The number of amides is 3. The van der Waals surface area contributed by atoms with Crippen LogP contribution in [0.5, 0.6) is 0 Å². The van der Waals surface area contributed by atoms with Gasteiger partial charge in [0.25, 0.3) is 0 Å². The second-order valence-corrected chi connectivity index (χ2v) is 4.83. The summed E-state index contributed by atoms with van der Waals surface area (Å²) in [6.07, 6.45) is -0.490. The lowest BCUT2D eigenvalue weighted by atomic mass is 10.1. The topological polar surface area (TPSA) is 165 Å². The fraction of sp³-hybridized carbons (Fsp3) is 0.600. The number of carboxylic acids is 1. The van der Waals surface area contributed by atoms with Gasteiger partial charge in [0.2, 0.25) is 17.7 Å². The molecule has 120 valence electrons. The lowest BCUT2D eigenvalue weighted by molar-refractivity contribution is -0.141. The largest absolute Gasteiger partial charge is 0.480 e. The Morgan fingerprint density at radius 2 is 1.52 bits per heavy atom. The number of carboxylic acid groups (broad SMARTS) is 1. The average Bonchev–Trinajstić information content (AvgIpc) is 2.41. The smallest absolute Gasteiger partial charge is 0.327 e. The van der Waals surface area contributed by atoms with E-state index in [4.69, 9.17) is 16.6 Å². The quantitative estimate of drug-likeness (QED) is 0.223. The molecule has 0 spiro atoms. The number of aliphatic carboxylic acids is 1. The summed E-state index contributed by atoms with van der Waals surface area (Å²) < 4.78 is 0. The van der Waals surface area contributed by atoms with Crippen LogP contribution in [0.4, 0.5) is 0 Å². The van der Waals surface area contributed by atoms with E-state index < -0.39 is 48.2 Å². The zero-order chi connectivity index (χ0) is 16.6. The van der Waals surface area contributed by atoms with Crippen LogP contribution in [0.1, 0.15) is 6.42 Å². The van der Waals surface area contributed by atoms with Crippen LogP contribution >= 0.6 is 25.3 Å². The summed E-state index contributed by atoms with van der Waals surface area (Å²) in [5, 5.41) is 13.2. The highest BCUT2D eigenvalue weighted by molar-refractivity contribution is 7.80. The third-order valence-electron chi connectivity index (χ3n) is 2.37. The number of hydrogen-bond acceptors (Lipinski definition) is 7. The number of thiol groups is 2. The second kappa shape index (κ2) is 9.47. The standard InChI is InChI=1S/C10H18N4O5S2/c11-4(2-20)8(16)13-5(1-7(12)15)9(17)14-6(3-21)10(18)19/h4-6,20-21H,1-3,11H2,(H2,12,15)(H,13,16)(H,14,17)(H,18,19). The van der Waals surface area contributed by atoms with Crippen molar-refractivity contribution >= 4 is 48.9 Å². The van der Waals surface area contributed by atoms with Crippen molar-refractivity contribution in [3.8, 4) is 0 Å². The minimum atomic E-state index is -1.32. The van der Waals surface area contributed by atoms with Gasteiger partial charge in [0.15, 0.2) is 0 Å². The zero-order valence-electron chi connectivity index (χ0n) is 11.0. The minimum absolute atomic E-state index is 0.0329. The van der Waals surface area contributed by atoms with Gasteiger partial charge in [-0.15, -0.1) is 0 Å². The Labute approximate surface area is 132 Å². The Bertz CT molecular complexity index is 420. The SMILES string of the molecule is NC(=O)CC(NC(=O)C(N)CS)C(=O)NC(CS)C(=O)O. The summed E-state index contributed by atoms with van der Waals surface area (Å²) in [7, 11) is 0. The van der Waals surface area contributed by atoms with E-state index in [9.17, 15) is 19.2 Å². The molecule has 0 fully saturated rings. The molecule has 21 heavy (non-hydrogen) atoms. The van der Waals surface area contributed by atoms with Crippen LogP contribution in [-0.4, -0.2) is 58.4 Å². The van der Waals surface area contributed by atoms with E-state index in [-0.39, 0.29) is 11.5 Å². The van der Waals surface area contributed by atoms with Gasteiger partial charge in [0.05, 0.1) is 12.5 Å². The van der Waals surface area contributed by atoms with Crippen LogP contribution < -0.4 is 22.1 Å². The molecule has 0 aromatic heterocycles. The van der Waals surface area contributed by atoms with E-state index in [0.29, 0.717) is 0 Å². The van der Waals surface area contributed by atoms with Gasteiger partial charge in [-0.3, -0.25) is 14.4 Å². The van der Waals surface area contributed by atoms with Crippen LogP contribution in [-0.2, 0) is 19.2 Å². The molecule has 0 rings (SSSR count). The molecule has 0 aromatic rings. The average molecular weight is 338 g/mol. The number of primary amides is 1. The van der Waals surface area contributed by atoms with E-state index in [2.05, 4.69) is 35.9 Å². The third-order valence-corrected chi connectivity index (χ3v) is 3.13. The van der Waals surface area contributed by atoms with E-state index in [1.165, 1.54) is 0 Å². The highest BCUT2D eigenvalue weighted by atomic mass is 32.1. The van der Waals surface area contributed by atoms with Gasteiger partial charge >= 0.3 is 5.97 Å². The maximum absolute atomic E-state index is 11.9. The molecule has 3 unspecified atom stereocenters. The van der Waals surface area contributed by atoms with Crippen LogP contribution in [0.2, 0.25) is 0 Å².